The molecule has 2 unspecified atom stereocenters. The third-order valence-corrected chi connectivity index (χ3v) is 7.18. The molecule has 4 heteroatoms. The van der Waals surface area contributed by atoms with Crippen LogP contribution in [0.3, 0.4) is 0 Å². The molecule has 0 saturated carbocycles. The lowest BCUT2D eigenvalue weighted by Crippen LogP contribution is -2.35. The molecule has 0 radical (unpaired) electrons. The van der Waals surface area contributed by atoms with Crippen molar-refractivity contribution < 1.29 is 0 Å². The highest BCUT2D eigenvalue weighted by molar-refractivity contribution is 5.87. The maximum atomic E-state index is 4.97. The molecular formula is C33H24N4. The second-order valence-electron chi connectivity index (χ2n) is 9.32. The van der Waals surface area contributed by atoms with Gasteiger partial charge in [0.1, 0.15) is 6.33 Å². The molecule has 0 spiro atoms. The van der Waals surface area contributed by atoms with E-state index < -0.39 is 0 Å². The minimum Gasteiger partial charge on any atom is -0.302 e. The van der Waals surface area contributed by atoms with Crippen LogP contribution in [0.5, 0.6) is 0 Å². The monoisotopic (exact) mass is 476 g/mol. The van der Waals surface area contributed by atoms with Gasteiger partial charge in [-0.2, -0.15) is 4.98 Å². The number of anilines is 2. The van der Waals surface area contributed by atoms with Crippen molar-refractivity contribution in [3.05, 3.63) is 139 Å². The topological polar surface area (TPSA) is 41.9 Å². The first-order valence-electron chi connectivity index (χ1n) is 12.5. The molecule has 4 aromatic carbocycles. The summed E-state index contributed by atoms with van der Waals surface area (Å²) < 4.78 is 0. The highest BCUT2D eigenvalue weighted by Gasteiger charge is 2.36. The van der Waals surface area contributed by atoms with E-state index in [-0.39, 0.29) is 12.0 Å². The summed E-state index contributed by atoms with van der Waals surface area (Å²) in [5.74, 6) is 1.45. The Hall–Kier alpha value is -4.83. The van der Waals surface area contributed by atoms with Gasteiger partial charge in [-0.3, -0.25) is 0 Å². The van der Waals surface area contributed by atoms with Gasteiger partial charge < -0.3 is 4.90 Å². The molecule has 0 N–H and O–H groups in total. The summed E-state index contributed by atoms with van der Waals surface area (Å²) in [6.45, 7) is 0. The number of hydrogen-bond donors (Lipinski definition) is 0. The fourth-order valence-corrected chi connectivity index (χ4v) is 5.47. The average Bonchev–Trinajstić information content (AvgIpc) is 3.10. The van der Waals surface area contributed by atoms with E-state index in [9.17, 15) is 0 Å². The molecule has 0 amide bonds. The van der Waals surface area contributed by atoms with Gasteiger partial charge >= 0.3 is 0 Å². The maximum absolute atomic E-state index is 4.97. The number of hydrogen-bond acceptors (Lipinski definition) is 4. The molecule has 37 heavy (non-hydrogen) atoms. The molecule has 2 heterocycles. The number of rotatable bonds is 3. The fraction of sp³-hybridized carbons (Fsp3) is 0.0606. The Labute approximate surface area is 216 Å². The van der Waals surface area contributed by atoms with E-state index in [2.05, 4.69) is 107 Å². The Morgan fingerprint density at radius 2 is 1.32 bits per heavy atom. The lowest BCUT2D eigenvalue weighted by molar-refractivity contribution is 0.682. The molecule has 1 aliphatic heterocycles. The van der Waals surface area contributed by atoms with Crippen LogP contribution in [-0.4, -0.2) is 21.0 Å². The SMILES string of the molecule is C1=CC2c3cc(-c4ccccc4)ccc3-c3ccccc3N(c3ncnc(-c4ccccc4)n3)C2C=C1. The summed E-state index contributed by atoms with van der Waals surface area (Å²) >= 11 is 0. The summed E-state index contributed by atoms with van der Waals surface area (Å²) in [5, 5.41) is 0. The van der Waals surface area contributed by atoms with E-state index in [0.29, 0.717) is 11.8 Å². The molecule has 176 valence electrons. The zero-order valence-electron chi connectivity index (χ0n) is 20.1. The fourth-order valence-electron chi connectivity index (χ4n) is 5.47. The minimum absolute atomic E-state index is 0.0180. The lowest BCUT2D eigenvalue weighted by Gasteiger charge is -2.34. The van der Waals surface area contributed by atoms with Crippen molar-refractivity contribution in [2.75, 3.05) is 4.90 Å². The molecular weight excluding hydrogens is 452 g/mol. The van der Waals surface area contributed by atoms with Crippen molar-refractivity contribution in [1.82, 2.24) is 15.0 Å². The molecule has 2 aliphatic rings. The smallest absolute Gasteiger partial charge is 0.234 e. The number of nitrogens with zero attached hydrogens (tertiary/aromatic N) is 4. The van der Waals surface area contributed by atoms with E-state index in [1.165, 1.54) is 27.8 Å². The van der Waals surface area contributed by atoms with Crippen LogP contribution in [0.4, 0.5) is 11.6 Å². The molecule has 7 rings (SSSR count). The highest BCUT2D eigenvalue weighted by atomic mass is 15.3. The van der Waals surface area contributed by atoms with Crippen molar-refractivity contribution in [3.8, 4) is 33.6 Å². The van der Waals surface area contributed by atoms with Crippen LogP contribution in [-0.2, 0) is 0 Å². The molecule has 2 atom stereocenters. The quantitative estimate of drug-likeness (QED) is 0.269. The van der Waals surface area contributed by atoms with Crippen LogP contribution in [0.25, 0.3) is 33.6 Å². The van der Waals surface area contributed by atoms with Crippen molar-refractivity contribution in [2.24, 2.45) is 0 Å². The third kappa shape index (κ3) is 3.74. The third-order valence-electron chi connectivity index (χ3n) is 7.18. The van der Waals surface area contributed by atoms with Gasteiger partial charge in [0.2, 0.25) is 5.95 Å². The Morgan fingerprint density at radius 1 is 0.595 bits per heavy atom. The van der Waals surface area contributed by atoms with Crippen LogP contribution in [0, 0.1) is 0 Å². The van der Waals surface area contributed by atoms with E-state index in [1.54, 1.807) is 6.33 Å². The number of aromatic nitrogens is 3. The molecule has 0 bridgehead atoms. The normalized spacial score (nSPS) is 17.5. The standard InChI is InChI=1S/C33H24N4/c1-3-11-23(12-4-1)25-19-20-26-27-15-7-9-17-30(27)37(31-18-10-8-16-28(31)29(26)21-25)33-35-22-34-32(36-33)24-13-5-2-6-14-24/h1-22,28,31H. The summed E-state index contributed by atoms with van der Waals surface area (Å²) in [7, 11) is 0. The zero-order valence-corrected chi connectivity index (χ0v) is 20.1. The van der Waals surface area contributed by atoms with Crippen LogP contribution >= 0.6 is 0 Å². The summed E-state index contributed by atoms with van der Waals surface area (Å²) in [6, 6.07) is 36.1. The zero-order chi connectivity index (χ0) is 24.6. The minimum atomic E-state index is 0.0180. The van der Waals surface area contributed by atoms with Crippen LogP contribution < -0.4 is 4.90 Å². The Bertz CT molecular complexity index is 1640. The van der Waals surface area contributed by atoms with Crippen LogP contribution in [0.15, 0.2) is 134 Å². The van der Waals surface area contributed by atoms with Crippen molar-refractivity contribution in [1.29, 1.82) is 0 Å². The van der Waals surface area contributed by atoms with Gasteiger partial charge in [0.25, 0.3) is 0 Å². The Morgan fingerprint density at radius 3 is 2.16 bits per heavy atom. The first-order chi connectivity index (χ1) is 18.4. The largest absolute Gasteiger partial charge is 0.302 e. The highest BCUT2D eigenvalue weighted by Crippen LogP contribution is 2.48. The van der Waals surface area contributed by atoms with Gasteiger partial charge in [-0.05, 0) is 34.4 Å². The van der Waals surface area contributed by atoms with E-state index in [4.69, 9.17) is 9.97 Å². The number of fused-ring (bicyclic) bond motifs is 5. The van der Waals surface area contributed by atoms with Crippen LogP contribution in [0.2, 0.25) is 0 Å². The van der Waals surface area contributed by atoms with Crippen molar-refractivity contribution >= 4 is 11.6 Å². The van der Waals surface area contributed by atoms with Crippen LogP contribution in [0.1, 0.15) is 11.5 Å². The van der Waals surface area contributed by atoms with Gasteiger partial charge in [0.05, 0.1) is 11.7 Å². The van der Waals surface area contributed by atoms with E-state index >= 15 is 0 Å². The molecule has 0 saturated heterocycles. The first kappa shape index (κ1) is 21.5. The van der Waals surface area contributed by atoms with Crippen molar-refractivity contribution in [2.45, 2.75) is 12.0 Å². The molecule has 4 nitrogen and oxygen atoms in total. The van der Waals surface area contributed by atoms with Gasteiger partial charge in [-0.15, -0.1) is 0 Å². The Kier molecular flexibility index (Phi) is 5.21. The maximum Gasteiger partial charge on any atom is 0.234 e. The summed E-state index contributed by atoms with van der Waals surface area (Å²) in [5.41, 5.74) is 8.23. The number of allylic oxidation sites excluding steroid dienone is 2. The first-order valence-corrected chi connectivity index (χ1v) is 12.5. The van der Waals surface area contributed by atoms with Gasteiger partial charge in [0, 0.05) is 17.0 Å². The van der Waals surface area contributed by atoms with Gasteiger partial charge in [-0.1, -0.05) is 115 Å². The predicted octanol–water partition coefficient (Wildman–Crippen LogP) is 7.60. The molecule has 5 aromatic rings. The van der Waals surface area contributed by atoms with Gasteiger partial charge in [0.15, 0.2) is 5.82 Å². The number of para-hydroxylation sites is 1. The second kappa shape index (κ2) is 8.99. The van der Waals surface area contributed by atoms with Gasteiger partial charge in [-0.25, -0.2) is 9.97 Å². The van der Waals surface area contributed by atoms with E-state index in [0.717, 1.165) is 11.3 Å². The average molecular weight is 477 g/mol. The summed E-state index contributed by atoms with van der Waals surface area (Å²) in [4.78, 5) is 16.4. The van der Waals surface area contributed by atoms with E-state index in [1.807, 2.05) is 30.3 Å². The predicted molar refractivity (Wildman–Crippen MR) is 150 cm³/mol. The van der Waals surface area contributed by atoms with Crippen molar-refractivity contribution in [3.63, 3.8) is 0 Å². The molecule has 1 aromatic heterocycles. The lowest BCUT2D eigenvalue weighted by atomic mass is 9.83. The molecule has 1 aliphatic carbocycles. The summed E-state index contributed by atoms with van der Waals surface area (Å²) in [6.07, 6.45) is 10.5. The second-order valence-corrected chi connectivity index (χ2v) is 9.32. The Balaban J connectivity index is 1.43. The molecule has 0 fully saturated rings. The number of benzene rings is 4.